The molecule has 0 aromatic rings. The predicted molar refractivity (Wildman–Crippen MR) is 97.6 cm³/mol. The third-order valence-corrected chi connectivity index (χ3v) is 4.20. The smallest absolute Gasteiger partial charge is 0.435 e. The van der Waals surface area contributed by atoms with E-state index >= 15 is 0 Å². The Labute approximate surface area is 143 Å². The Morgan fingerprint density at radius 3 is 2.13 bits per heavy atom. The lowest BCUT2D eigenvalue weighted by molar-refractivity contribution is -0.0225. The van der Waals surface area contributed by atoms with E-state index in [0.717, 1.165) is 12.8 Å². The van der Waals surface area contributed by atoms with Gasteiger partial charge in [0, 0.05) is 0 Å². The van der Waals surface area contributed by atoms with Crippen molar-refractivity contribution in [2.45, 2.75) is 87.2 Å². The summed E-state index contributed by atoms with van der Waals surface area (Å²) in [6, 6.07) is 0. The fourth-order valence-electron chi connectivity index (χ4n) is 3.10. The largest absolute Gasteiger partial charge is 0.508 e. The summed E-state index contributed by atoms with van der Waals surface area (Å²) in [7, 11) is 0. The van der Waals surface area contributed by atoms with Crippen molar-refractivity contribution in [2.24, 2.45) is 16.7 Å². The van der Waals surface area contributed by atoms with Crippen LogP contribution in [0.5, 0.6) is 0 Å². The molecule has 0 spiro atoms. The highest BCUT2D eigenvalue weighted by molar-refractivity contribution is 5.60. The van der Waals surface area contributed by atoms with Crippen molar-refractivity contribution in [1.82, 2.24) is 0 Å². The minimum absolute atomic E-state index is 0.167. The molecule has 0 N–H and O–H groups in total. The summed E-state index contributed by atoms with van der Waals surface area (Å²) in [4.78, 5) is 11.5. The maximum atomic E-state index is 11.5. The molecule has 23 heavy (non-hydrogen) atoms. The minimum atomic E-state index is -0.585. The quantitative estimate of drug-likeness (QED) is 0.364. The third-order valence-electron chi connectivity index (χ3n) is 4.20. The van der Waals surface area contributed by atoms with Crippen LogP contribution in [0.25, 0.3) is 0 Å². The Morgan fingerprint density at radius 1 is 1.09 bits per heavy atom. The molecule has 3 nitrogen and oxygen atoms in total. The first-order chi connectivity index (χ1) is 10.3. The Kier molecular flexibility index (Phi) is 8.37. The maximum Gasteiger partial charge on any atom is 0.508 e. The molecule has 136 valence electrons. The van der Waals surface area contributed by atoms with E-state index < -0.39 is 11.8 Å². The second-order valence-electron chi connectivity index (χ2n) is 8.77. The summed E-state index contributed by atoms with van der Waals surface area (Å²) in [6.07, 6.45) is 7.09. The molecule has 0 bridgehead atoms. The van der Waals surface area contributed by atoms with Crippen molar-refractivity contribution < 1.29 is 14.3 Å². The van der Waals surface area contributed by atoms with Gasteiger partial charge in [-0.05, 0) is 50.4 Å². The Morgan fingerprint density at radius 2 is 1.65 bits per heavy atom. The summed E-state index contributed by atoms with van der Waals surface area (Å²) in [5, 5.41) is 0. The van der Waals surface area contributed by atoms with E-state index in [1.54, 1.807) is 6.92 Å². The normalized spacial score (nSPS) is 14.8. The Balaban J connectivity index is 4.62. The highest BCUT2D eigenvalue weighted by Crippen LogP contribution is 2.37. The molecule has 0 aromatic carbocycles. The standard InChI is InChI=1S/C20H38O3/c1-10-18(4,5)15-19(6,7)13-12-16(3)14-20(8,9)23-17(21)22-11-2/h12-13,16H,10-11,14-15H2,1-9H3/b13-12-. The molecule has 0 amide bonds. The number of carbonyl (C=O) groups is 1. The number of carbonyl (C=O) groups excluding carboxylic acids is 1. The predicted octanol–water partition coefficient (Wildman–Crippen LogP) is 6.37. The summed E-state index contributed by atoms with van der Waals surface area (Å²) in [5.74, 6) is 0.337. The van der Waals surface area contributed by atoms with Crippen molar-refractivity contribution >= 4 is 6.16 Å². The van der Waals surface area contributed by atoms with Gasteiger partial charge in [0.15, 0.2) is 0 Å². The van der Waals surface area contributed by atoms with Gasteiger partial charge in [-0.3, -0.25) is 0 Å². The molecule has 1 atom stereocenters. The molecule has 0 aliphatic heterocycles. The molecule has 0 saturated heterocycles. The van der Waals surface area contributed by atoms with Gasteiger partial charge in [-0.15, -0.1) is 0 Å². The van der Waals surface area contributed by atoms with Gasteiger partial charge in [0.2, 0.25) is 0 Å². The second kappa shape index (κ2) is 8.75. The van der Waals surface area contributed by atoms with E-state index in [0.29, 0.717) is 17.9 Å². The summed E-state index contributed by atoms with van der Waals surface area (Å²) in [5.41, 5.74) is -0.00781. The van der Waals surface area contributed by atoms with Gasteiger partial charge in [-0.2, -0.15) is 0 Å². The molecule has 0 aliphatic carbocycles. The van der Waals surface area contributed by atoms with Gasteiger partial charge in [0.25, 0.3) is 0 Å². The van der Waals surface area contributed by atoms with Crippen LogP contribution >= 0.6 is 0 Å². The highest BCUT2D eigenvalue weighted by Gasteiger charge is 2.27. The number of hydrogen-bond donors (Lipinski definition) is 0. The van der Waals surface area contributed by atoms with Crippen LogP contribution in [-0.4, -0.2) is 18.4 Å². The van der Waals surface area contributed by atoms with Crippen LogP contribution < -0.4 is 0 Å². The van der Waals surface area contributed by atoms with Crippen LogP contribution in [0.3, 0.4) is 0 Å². The average molecular weight is 327 g/mol. The topological polar surface area (TPSA) is 35.5 Å². The summed E-state index contributed by atoms with van der Waals surface area (Å²) >= 11 is 0. The number of rotatable bonds is 9. The van der Waals surface area contributed by atoms with E-state index in [4.69, 9.17) is 9.47 Å². The Bertz CT molecular complexity index is 392. The van der Waals surface area contributed by atoms with Crippen LogP contribution in [0.2, 0.25) is 0 Å². The number of hydrogen-bond acceptors (Lipinski definition) is 3. The molecule has 3 heteroatoms. The highest BCUT2D eigenvalue weighted by atomic mass is 16.7. The van der Waals surface area contributed by atoms with Crippen LogP contribution in [0.15, 0.2) is 12.2 Å². The molecule has 0 heterocycles. The van der Waals surface area contributed by atoms with Crippen molar-refractivity contribution in [3.63, 3.8) is 0 Å². The zero-order chi connectivity index (χ0) is 18.3. The first kappa shape index (κ1) is 22.0. The molecular weight excluding hydrogens is 288 g/mol. The van der Waals surface area contributed by atoms with E-state index in [1.165, 1.54) is 6.42 Å². The Hall–Kier alpha value is -0.990. The number of allylic oxidation sites excluding steroid dienone is 2. The minimum Gasteiger partial charge on any atom is -0.435 e. The van der Waals surface area contributed by atoms with E-state index in [2.05, 4.69) is 53.7 Å². The number of ether oxygens (including phenoxy) is 2. The van der Waals surface area contributed by atoms with Crippen LogP contribution in [0.1, 0.15) is 81.6 Å². The summed E-state index contributed by atoms with van der Waals surface area (Å²) in [6.45, 7) is 19.6. The first-order valence-electron chi connectivity index (χ1n) is 8.87. The maximum absolute atomic E-state index is 11.5. The van der Waals surface area contributed by atoms with Crippen molar-refractivity contribution in [2.75, 3.05) is 6.61 Å². The molecule has 0 rings (SSSR count). The molecule has 0 fully saturated rings. The third kappa shape index (κ3) is 10.4. The van der Waals surface area contributed by atoms with Crippen LogP contribution in [0, 0.1) is 16.7 Å². The van der Waals surface area contributed by atoms with Gasteiger partial charge < -0.3 is 9.47 Å². The van der Waals surface area contributed by atoms with E-state index in [1.807, 2.05) is 13.8 Å². The molecule has 0 radical (unpaired) electrons. The fraction of sp³-hybridized carbons (Fsp3) is 0.850. The van der Waals surface area contributed by atoms with Gasteiger partial charge in [0.1, 0.15) is 5.60 Å². The second-order valence-corrected chi connectivity index (χ2v) is 8.77. The van der Waals surface area contributed by atoms with Crippen LogP contribution in [0.4, 0.5) is 4.79 Å². The van der Waals surface area contributed by atoms with Gasteiger partial charge in [0.05, 0.1) is 6.61 Å². The van der Waals surface area contributed by atoms with Gasteiger partial charge in [-0.25, -0.2) is 4.79 Å². The SMILES string of the molecule is CCOC(=O)OC(C)(C)CC(C)/C=C\C(C)(C)CC(C)(C)CC. The lowest BCUT2D eigenvalue weighted by atomic mass is 9.73. The summed E-state index contributed by atoms with van der Waals surface area (Å²) < 4.78 is 10.2. The zero-order valence-corrected chi connectivity index (χ0v) is 16.8. The van der Waals surface area contributed by atoms with Crippen molar-refractivity contribution in [3.8, 4) is 0 Å². The fourth-order valence-corrected chi connectivity index (χ4v) is 3.10. The van der Waals surface area contributed by atoms with Crippen molar-refractivity contribution in [1.29, 1.82) is 0 Å². The lowest BCUT2D eigenvalue weighted by Crippen LogP contribution is -2.30. The average Bonchev–Trinajstić information content (AvgIpc) is 2.34. The van der Waals surface area contributed by atoms with Gasteiger partial charge in [-0.1, -0.05) is 60.1 Å². The zero-order valence-electron chi connectivity index (χ0n) is 16.8. The molecule has 0 aromatic heterocycles. The van der Waals surface area contributed by atoms with Gasteiger partial charge >= 0.3 is 6.16 Å². The molecule has 1 unspecified atom stereocenters. The van der Waals surface area contributed by atoms with E-state index in [9.17, 15) is 4.79 Å². The lowest BCUT2D eigenvalue weighted by Gasteiger charge is -2.33. The van der Waals surface area contributed by atoms with Crippen molar-refractivity contribution in [3.05, 3.63) is 12.2 Å². The monoisotopic (exact) mass is 326 g/mol. The first-order valence-corrected chi connectivity index (χ1v) is 8.87. The van der Waals surface area contributed by atoms with Crippen LogP contribution in [-0.2, 0) is 9.47 Å². The molecule has 0 saturated carbocycles. The molecule has 0 aliphatic rings. The molecular formula is C20H38O3. The van der Waals surface area contributed by atoms with E-state index in [-0.39, 0.29) is 5.41 Å².